The molecule has 3 rings (SSSR count). The number of hydrogen-bond acceptors (Lipinski definition) is 7. The van der Waals surface area contributed by atoms with E-state index >= 15 is 0 Å². The van der Waals surface area contributed by atoms with Gasteiger partial charge in [-0.3, -0.25) is 9.59 Å². The molecule has 3 atom stereocenters. The molecule has 1 spiro atoms. The molecule has 0 aromatic carbocycles. The molecule has 7 nitrogen and oxygen atoms in total. The lowest BCUT2D eigenvalue weighted by Crippen LogP contribution is -2.63. The summed E-state index contributed by atoms with van der Waals surface area (Å²) in [6.45, 7) is 8.66. The molecule has 27 heavy (non-hydrogen) atoms. The summed E-state index contributed by atoms with van der Waals surface area (Å²) < 4.78 is 17.1. The summed E-state index contributed by atoms with van der Waals surface area (Å²) in [4.78, 5) is 38.9. The number of hydrogen-bond donors (Lipinski definition) is 1. The van der Waals surface area contributed by atoms with Gasteiger partial charge in [0.25, 0.3) is 0 Å². The number of aliphatic hydroxyl groups is 1. The Morgan fingerprint density at radius 3 is 2.37 bits per heavy atom. The number of carbonyl (C=O) groups is 3. The van der Waals surface area contributed by atoms with Crippen molar-refractivity contribution < 1.29 is 33.7 Å². The molecule has 0 aromatic rings. The van der Waals surface area contributed by atoms with E-state index in [9.17, 15) is 19.5 Å². The Morgan fingerprint density at radius 1 is 1.26 bits per heavy atom. The fourth-order valence-corrected chi connectivity index (χ4v) is 4.57. The smallest absolute Gasteiger partial charge is 0.338 e. The maximum Gasteiger partial charge on any atom is 0.338 e. The summed E-state index contributed by atoms with van der Waals surface area (Å²) in [5.41, 5.74) is -2.49. The summed E-state index contributed by atoms with van der Waals surface area (Å²) >= 11 is 0. The highest BCUT2D eigenvalue weighted by Gasteiger charge is 2.68. The minimum Gasteiger partial charge on any atom is -0.512 e. The molecule has 148 valence electrons. The predicted molar refractivity (Wildman–Crippen MR) is 94.7 cm³/mol. The van der Waals surface area contributed by atoms with Gasteiger partial charge in [-0.25, -0.2) is 4.79 Å². The van der Waals surface area contributed by atoms with Crippen LogP contribution in [-0.2, 0) is 28.6 Å². The Labute approximate surface area is 158 Å². The Balaban J connectivity index is 2.26. The molecular weight excluding hydrogens is 352 g/mol. The maximum atomic E-state index is 13.0. The van der Waals surface area contributed by atoms with Crippen LogP contribution in [0, 0.1) is 17.3 Å². The minimum absolute atomic E-state index is 0.0142. The van der Waals surface area contributed by atoms with Crippen molar-refractivity contribution in [3.8, 4) is 0 Å². The SMILES string of the molecule is CC(=O)[C@]12C(=O)C=CC3(OCCO3)[C@H]1C(C(=O)OC(C)(C)C)=C(O)C[C@@H]2C. The third kappa shape index (κ3) is 2.84. The zero-order valence-corrected chi connectivity index (χ0v) is 16.3. The largest absolute Gasteiger partial charge is 0.512 e. The number of Topliss-reactive ketones (excluding diaryl/α,β-unsaturated/α-hetero) is 1. The molecule has 7 heteroatoms. The van der Waals surface area contributed by atoms with Crippen molar-refractivity contribution >= 4 is 17.5 Å². The number of allylic oxidation sites excluding steroid dienone is 2. The Hall–Kier alpha value is -1.99. The molecule has 1 heterocycles. The topological polar surface area (TPSA) is 99.1 Å². The van der Waals surface area contributed by atoms with Gasteiger partial charge in [0.2, 0.25) is 0 Å². The Morgan fingerprint density at radius 2 is 1.85 bits per heavy atom. The standard InChI is InChI=1S/C20H26O7/c1-11-10-13(22)15(17(24)27-18(3,4)5)16-19(25-8-9-26-19)7-6-14(23)20(11,16)12(2)21/h6-7,11,16,22H,8-10H2,1-5H3/t11-,16+,20+/m0/s1. The van der Waals surface area contributed by atoms with Crippen LogP contribution in [0.1, 0.15) is 41.0 Å². The quantitative estimate of drug-likeness (QED) is 0.581. The van der Waals surface area contributed by atoms with E-state index < -0.39 is 40.4 Å². The number of fused-ring (bicyclic) bond motifs is 2. The maximum absolute atomic E-state index is 13.0. The van der Waals surface area contributed by atoms with Crippen molar-refractivity contribution in [3.63, 3.8) is 0 Å². The van der Waals surface area contributed by atoms with E-state index in [0.29, 0.717) is 0 Å². The third-order valence-electron chi connectivity index (χ3n) is 5.55. The van der Waals surface area contributed by atoms with E-state index in [4.69, 9.17) is 14.2 Å². The summed E-state index contributed by atoms with van der Waals surface area (Å²) in [6.07, 6.45) is 2.76. The van der Waals surface area contributed by atoms with Gasteiger partial charge in [0.05, 0.1) is 24.7 Å². The summed E-state index contributed by atoms with van der Waals surface area (Å²) in [6, 6.07) is 0. The highest BCUT2D eigenvalue weighted by molar-refractivity contribution is 6.14. The van der Waals surface area contributed by atoms with Crippen LogP contribution in [0.15, 0.2) is 23.5 Å². The normalized spacial score (nSPS) is 32.6. The van der Waals surface area contributed by atoms with Gasteiger partial charge in [-0.1, -0.05) is 6.92 Å². The fraction of sp³-hybridized carbons (Fsp3) is 0.650. The zero-order valence-electron chi connectivity index (χ0n) is 16.3. The van der Waals surface area contributed by atoms with Gasteiger partial charge in [-0.2, -0.15) is 0 Å². The molecule has 1 N–H and O–H groups in total. The third-order valence-corrected chi connectivity index (χ3v) is 5.55. The van der Waals surface area contributed by atoms with Gasteiger partial charge in [-0.05, 0) is 45.8 Å². The average Bonchev–Trinajstić information content (AvgIpc) is 2.98. The average molecular weight is 378 g/mol. The molecule has 1 saturated heterocycles. The van der Waals surface area contributed by atoms with Crippen molar-refractivity contribution in [2.45, 2.75) is 52.4 Å². The molecule has 0 saturated carbocycles. The van der Waals surface area contributed by atoms with Crippen molar-refractivity contribution in [1.29, 1.82) is 0 Å². The summed E-state index contributed by atoms with van der Waals surface area (Å²) in [7, 11) is 0. The number of ether oxygens (including phenoxy) is 3. The van der Waals surface area contributed by atoms with Crippen LogP contribution in [0.4, 0.5) is 0 Å². The van der Waals surface area contributed by atoms with Gasteiger partial charge in [0.15, 0.2) is 11.6 Å². The number of esters is 1. The molecule has 0 amide bonds. The monoisotopic (exact) mass is 378 g/mol. The van der Waals surface area contributed by atoms with Crippen molar-refractivity contribution in [2.24, 2.45) is 17.3 Å². The van der Waals surface area contributed by atoms with E-state index in [0.717, 1.165) is 0 Å². The lowest BCUT2D eigenvalue weighted by atomic mass is 9.52. The van der Waals surface area contributed by atoms with E-state index in [1.54, 1.807) is 27.7 Å². The first-order valence-electron chi connectivity index (χ1n) is 9.13. The fourth-order valence-electron chi connectivity index (χ4n) is 4.57. The first-order chi connectivity index (χ1) is 12.5. The molecule has 0 aromatic heterocycles. The highest BCUT2D eigenvalue weighted by Crippen LogP contribution is 2.58. The molecular formula is C20H26O7. The van der Waals surface area contributed by atoms with Crippen LogP contribution >= 0.6 is 0 Å². The molecule has 0 bridgehead atoms. The highest BCUT2D eigenvalue weighted by atomic mass is 16.7. The van der Waals surface area contributed by atoms with Crippen LogP contribution in [0.2, 0.25) is 0 Å². The number of rotatable bonds is 2. The van der Waals surface area contributed by atoms with Gasteiger partial charge in [0, 0.05) is 6.42 Å². The van der Waals surface area contributed by atoms with Crippen LogP contribution in [0.5, 0.6) is 0 Å². The van der Waals surface area contributed by atoms with Crippen LogP contribution in [0.3, 0.4) is 0 Å². The van der Waals surface area contributed by atoms with Crippen LogP contribution in [-0.4, -0.2) is 47.2 Å². The van der Waals surface area contributed by atoms with Crippen molar-refractivity contribution in [1.82, 2.24) is 0 Å². The van der Waals surface area contributed by atoms with E-state index in [1.165, 1.54) is 19.1 Å². The number of aliphatic hydroxyl groups excluding tert-OH is 1. The van der Waals surface area contributed by atoms with E-state index in [-0.39, 0.29) is 36.8 Å². The molecule has 3 aliphatic rings. The minimum atomic E-state index is -1.56. The summed E-state index contributed by atoms with van der Waals surface area (Å²) in [5.74, 6) is -4.88. The predicted octanol–water partition coefficient (Wildman–Crippen LogP) is 2.25. The Bertz CT molecular complexity index is 749. The summed E-state index contributed by atoms with van der Waals surface area (Å²) in [5, 5.41) is 10.7. The van der Waals surface area contributed by atoms with Gasteiger partial charge in [0.1, 0.15) is 22.6 Å². The van der Waals surface area contributed by atoms with Gasteiger partial charge < -0.3 is 19.3 Å². The van der Waals surface area contributed by atoms with Crippen molar-refractivity contribution in [3.05, 3.63) is 23.5 Å². The second-order valence-corrected chi connectivity index (χ2v) is 8.44. The van der Waals surface area contributed by atoms with Crippen LogP contribution in [0.25, 0.3) is 0 Å². The lowest BCUT2D eigenvalue weighted by Gasteiger charge is -2.52. The second-order valence-electron chi connectivity index (χ2n) is 8.44. The zero-order chi connectivity index (χ0) is 20.2. The lowest BCUT2D eigenvalue weighted by molar-refractivity contribution is -0.201. The molecule has 2 aliphatic carbocycles. The first kappa shape index (κ1) is 19.8. The van der Waals surface area contributed by atoms with E-state index in [1.807, 2.05) is 0 Å². The van der Waals surface area contributed by atoms with Gasteiger partial charge >= 0.3 is 5.97 Å². The van der Waals surface area contributed by atoms with Gasteiger partial charge in [-0.15, -0.1) is 0 Å². The second kappa shape index (κ2) is 6.27. The number of carbonyl (C=O) groups excluding carboxylic acids is 3. The van der Waals surface area contributed by atoms with Crippen molar-refractivity contribution in [2.75, 3.05) is 13.2 Å². The van der Waals surface area contributed by atoms with Crippen LogP contribution < -0.4 is 0 Å². The number of ketones is 2. The molecule has 1 aliphatic heterocycles. The van der Waals surface area contributed by atoms with E-state index in [2.05, 4.69) is 0 Å². The molecule has 0 unspecified atom stereocenters. The Kier molecular flexibility index (Phi) is 4.59. The molecule has 1 fully saturated rings. The molecule has 0 radical (unpaired) electrons. The first-order valence-corrected chi connectivity index (χ1v) is 9.13.